The average molecular weight is 226 g/mol. The molecule has 1 aromatic rings. The summed E-state index contributed by atoms with van der Waals surface area (Å²) in [6.45, 7) is 0. The Bertz CT molecular complexity index is 437. The highest BCUT2D eigenvalue weighted by Gasteiger charge is 2.16. The van der Waals surface area contributed by atoms with Gasteiger partial charge in [-0.05, 0) is 12.1 Å². The first-order valence-electron chi connectivity index (χ1n) is 4.04. The van der Waals surface area contributed by atoms with E-state index < -0.39 is 5.97 Å². The highest BCUT2D eigenvalue weighted by Crippen LogP contribution is 2.27. The van der Waals surface area contributed by atoms with Crippen LogP contribution in [0.1, 0.15) is 21.5 Å². The fourth-order valence-corrected chi connectivity index (χ4v) is 1.45. The van der Waals surface area contributed by atoms with Gasteiger partial charge in [-0.1, -0.05) is 0 Å². The third-order valence-electron chi connectivity index (χ3n) is 1.87. The number of carbonyl (C=O) groups is 1. The van der Waals surface area contributed by atoms with Crippen LogP contribution in [-0.4, -0.2) is 18.2 Å². The molecule has 0 atom stereocenters. The third kappa shape index (κ3) is 2.20. The largest absolute Gasteiger partial charge is 0.496 e. The minimum Gasteiger partial charge on any atom is -0.496 e. The van der Waals surface area contributed by atoms with Crippen molar-refractivity contribution in [2.24, 2.45) is 0 Å². The molecule has 0 saturated heterocycles. The lowest BCUT2D eigenvalue weighted by Crippen LogP contribution is -2.03. The number of aromatic carboxylic acids is 1. The van der Waals surface area contributed by atoms with Crippen LogP contribution in [0.3, 0.4) is 0 Å². The van der Waals surface area contributed by atoms with Crippen LogP contribution in [-0.2, 0) is 5.88 Å². The van der Waals surface area contributed by atoms with Crippen LogP contribution < -0.4 is 4.74 Å². The second kappa shape index (κ2) is 4.67. The molecule has 0 aliphatic heterocycles. The molecule has 0 saturated carbocycles. The maximum atomic E-state index is 10.9. The van der Waals surface area contributed by atoms with Crippen LogP contribution >= 0.6 is 11.6 Å². The molecule has 1 aromatic carbocycles. The number of nitrogens with zero attached hydrogens (tertiary/aromatic N) is 1. The van der Waals surface area contributed by atoms with Gasteiger partial charge in [0.05, 0.1) is 24.6 Å². The van der Waals surface area contributed by atoms with Crippen molar-refractivity contribution in [3.63, 3.8) is 0 Å². The van der Waals surface area contributed by atoms with Gasteiger partial charge in [-0.25, -0.2) is 4.79 Å². The van der Waals surface area contributed by atoms with Crippen LogP contribution in [0.5, 0.6) is 5.75 Å². The van der Waals surface area contributed by atoms with Crippen molar-refractivity contribution in [2.45, 2.75) is 5.88 Å². The van der Waals surface area contributed by atoms with Gasteiger partial charge >= 0.3 is 5.97 Å². The molecule has 0 amide bonds. The summed E-state index contributed by atoms with van der Waals surface area (Å²) in [7, 11) is 1.36. The molecular formula is C10H8ClNO3. The van der Waals surface area contributed by atoms with Gasteiger partial charge in [0.15, 0.2) is 0 Å². The van der Waals surface area contributed by atoms with Gasteiger partial charge in [0.25, 0.3) is 0 Å². The van der Waals surface area contributed by atoms with Crippen molar-refractivity contribution < 1.29 is 14.6 Å². The van der Waals surface area contributed by atoms with Gasteiger partial charge in [0.2, 0.25) is 0 Å². The van der Waals surface area contributed by atoms with Crippen molar-refractivity contribution in [1.29, 1.82) is 5.26 Å². The third-order valence-corrected chi connectivity index (χ3v) is 2.16. The number of carboxylic acid groups (broad SMARTS) is 1. The Labute approximate surface area is 91.7 Å². The van der Waals surface area contributed by atoms with E-state index in [0.717, 1.165) is 0 Å². The molecule has 15 heavy (non-hydrogen) atoms. The Balaban J connectivity index is 3.47. The molecule has 4 nitrogen and oxygen atoms in total. The lowest BCUT2D eigenvalue weighted by Gasteiger charge is -2.09. The van der Waals surface area contributed by atoms with Crippen LogP contribution in [0.25, 0.3) is 0 Å². The first-order valence-corrected chi connectivity index (χ1v) is 4.57. The van der Waals surface area contributed by atoms with Crippen LogP contribution in [0, 0.1) is 11.3 Å². The zero-order valence-electron chi connectivity index (χ0n) is 7.95. The van der Waals surface area contributed by atoms with Crippen LogP contribution in [0.2, 0.25) is 0 Å². The van der Waals surface area contributed by atoms with Crippen LogP contribution in [0.4, 0.5) is 0 Å². The van der Waals surface area contributed by atoms with Crippen molar-refractivity contribution >= 4 is 17.6 Å². The first kappa shape index (κ1) is 11.3. The van der Waals surface area contributed by atoms with E-state index in [9.17, 15) is 4.79 Å². The molecule has 0 aromatic heterocycles. The van der Waals surface area contributed by atoms with E-state index >= 15 is 0 Å². The molecule has 78 valence electrons. The van der Waals surface area contributed by atoms with Gasteiger partial charge in [-0.3, -0.25) is 0 Å². The number of hydrogen-bond donors (Lipinski definition) is 1. The number of halogens is 1. The number of benzene rings is 1. The Kier molecular flexibility index (Phi) is 3.53. The standard InChI is InChI=1S/C10H8ClNO3/c1-15-9-7(4-11)2-6(5-12)3-8(9)10(13)14/h2-3H,4H2,1H3,(H,13,14). The molecule has 0 aliphatic rings. The van der Waals surface area contributed by atoms with Gasteiger partial charge in [0.1, 0.15) is 11.3 Å². The Morgan fingerprint density at radius 2 is 2.33 bits per heavy atom. The van der Waals surface area contributed by atoms with Crippen molar-refractivity contribution in [3.8, 4) is 11.8 Å². The maximum absolute atomic E-state index is 10.9. The normalized spacial score (nSPS) is 9.40. The Morgan fingerprint density at radius 1 is 1.67 bits per heavy atom. The van der Waals surface area contributed by atoms with Crippen LogP contribution in [0.15, 0.2) is 12.1 Å². The average Bonchev–Trinajstić information content (AvgIpc) is 2.26. The first-order chi connectivity index (χ1) is 7.13. The number of rotatable bonds is 3. The molecule has 5 heteroatoms. The zero-order valence-corrected chi connectivity index (χ0v) is 8.71. The monoisotopic (exact) mass is 225 g/mol. The summed E-state index contributed by atoms with van der Waals surface area (Å²) in [6, 6.07) is 4.64. The van der Waals surface area contributed by atoms with Gasteiger partial charge in [0, 0.05) is 5.56 Å². The van der Waals surface area contributed by atoms with Crippen molar-refractivity contribution in [3.05, 3.63) is 28.8 Å². The quantitative estimate of drug-likeness (QED) is 0.799. The highest BCUT2D eigenvalue weighted by atomic mass is 35.5. The summed E-state index contributed by atoms with van der Waals surface area (Å²) < 4.78 is 4.95. The fourth-order valence-electron chi connectivity index (χ4n) is 1.25. The molecule has 0 radical (unpaired) electrons. The zero-order chi connectivity index (χ0) is 11.4. The van der Waals surface area contributed by atoms with E-state index in [1.165, 1.54) is 19.2 Å². The topological polar surface area (TPSA) is 70.3 Å². The number of carboxylic acids is 1. The molecule has 0 aliphatic carbocycles. The van der Waals surface area contributed by atoms with Crippen molar-refractivity contribution in [1.82, 2.24) is 0 Å². The lowest BCUT2D eigenvalue weighted by atomic mass is 10.1. The predicted octanol–water partition coefficient (Wildman–Crippen LogP) is 2.00. The number of hydrogen-bond acceptors (Lipinski definition) is 3. The summed E-state index contributed by atoms with van der Waals surface area (Å²) in [5.41, 5.74) is 0.701. The molecule has 0 unspecified atom stereocenters. The summed E-state index contributed by atoms with van der Waals surface area (Å²) in [5, 5.41) is 17.6. The van der Waals surface area contributed by atoms with E-state index in [-0.39, 0.29) is 22.8 Å². The van der Waals surface area contributed by atoms with E-state index in [0.29, 0.717) is 5.56 Å². The maximum Gasteiger partial charge on any atom is 0.339 e. The van der Waals surface area contributed by atoms with E-state index in [2.05, 4.69) is 0 Å². The fraction of sp³-hybridized carbons (Fsp3) is 0.200. The number of alkyl halides is 1. The number of nitriles is 1. The van der Waals surface area contributed by atoms with Gasteiger partial charge in [-0.15, -0.1) is 11.6 Å². The summed E-state index contributed by atoms with van der Waals surface area (Å²) in [5.74, 6) is -0.842. The summed E-state index contributed by atoms with van der Waals surface area (Å²) in [4.78, 5) is 10.9. The number of ether oxygens (including phenoxy) is 1. The second-order valence-electron chi connectivity index (χ2n) is 2.77. The Morgan fingerprint density at radius 3 is 2.73 bits per heavy atom. The Hall–Kier alpha value is -1.73. The van der Waals surface area contributed by atoms with E-state index in [4.69, 9.17) is 26.7 Å². The molecule has 0 spiro atoms. The molecule has 1 N–H and O–H groups in total. The molecule has 0 heterocycles. The second-order valence-corrected chi connectivity index (χ2v) is 3.03. The summed E-state index contributed by atoms with van der Waals surface area (Å²) in [6.07, 6.45) is 0. The minimum atomic E-state index is -1.14. The van der Waals surface area contributed by atoms with E-state index in [1.54, 1.807) is 0 Å². The summed E-state index contributed by atoms with van der Waals surface area (Å²) >= 11 is 5.63. The molecule has 1 rings (SSSR count). The predicted molar refractivity (Wildman–Crippen MR) is 54.2 cm³/mol. The van der Waals surface area contributed by atoms with Gasteiger partial charge in [-0.2, -0.15) is 5.26 Å². The number of methoxy groups -OCH3 is 1. The SMILES string of the molecule is COc1c(CCl)cc(C#N)cc1C(=O)O. The van der Waals surface area contributed by atoms with Crippen molar-refractivity contribution in [2.75, 3.05) is 7.11 Å². The molecule has 0 bridgehead atoms. The van der Waals surface area contributed by atoms with E-state index in [1.807, 2.05) is 6.07 Å². The highest BCUT2D eigenvalue weighted by molar-refractivity contribution is 6.17. The lowest BCUT2D eigenvalue weighted by molar-refractivity contribution is 0.0693. The molecular weight excluding hydrogens is 218 g/mol. The van der Waals surface area contributed by atoms with Gasteiger partial charge < -0.3 is 9.84 Å². The smallest absolute Gasteiger partial charge is 0.339 e. The minimum absolute atomic E-state index is 0.0489. The molecule has 0 fully saturated rings.